The molecule has 1 aliphatic rings. The molecule has 1 fully saturated rings. The van der Waals surface area contributed by atoms with Gasteiger partial charge in [-0.15, -0.1) is 0 Å². The molecule has 110 valence electrons. The van der Waals surface area contributed by atoms with Crippen LogP contribution in [0.25, 0.3) is 0 Å². The Hall–Kier alpha value is -1.54. The number of sulfonamides is 1. The quantitative estimate of drug-likeness (QED) is 0.641. The Bertz CT molecular complexity index is 624. The molecule has 1 saturated heterocycles. The van der Waals surface area contributed by atoms with Crippen LogP contribution in [-0.2, 0) is 10.0 Å². The molecule has 3 N–H and O–H groups in total. The average molecular weight is 300 g/mol. The van der Waals surface area contributed by atoms with Crippen LogP contribution in [0, 0.1) is 16.6 Å². The molecule has 2 rings (SSSR count). The Morgan fingerprint density at radius 3 is 2.55 bits per heavy atom. The fraction of sp³-hybridized carbons (Fsp3) is 0.500. The first-order valence-electron chi connectivity index (χ1n) is 6.21. The Kier molecular flexibility index (Phi) is 3.79. The lowest BCUT2D eigenvalue weighted by Gasteiger charge is -2.37. The second kappa shape index (κ2) is 5.10. The van der Waals surface area contributed by atoms with Crippen LogP contribution in [0.15, 0.2) is 23.4 Å². The molecule has 1 aliphatic heterocycles. The summed E-state index contributed by atoms with van der Waals surface area (Å²) in [4.78, 5) is 3.42. The summed E-state index contributed by atoms with van der Waals surface area (Å²) in [6.07, 6.45) is 3.05. The largest absolute Gasteiger partial charge is 0.387 e. The minimum atomic E-state index is -3.74. The first kappa shape index (κ1) is 14.9. The van der Waals surface area contributed by atoms with Crippen molar-refractivity contribution in [2.75, 3.05) is 13.1 Å². The zero-order valence-electron chi connectivity index (χ0n) is 11.1. The summed E-state index contributed by atoms with van der Waals surface area (Å²) >= 11 is 0. The van der Waals surface area contributed by atoms with Gasteiger partial charge in [-0.05, 0) is 18.9 Å². The summed E-state index contributed by atoms with van der Waals surface area (Å²) in [5.74, 6) is -0.612. The van der Waals surface area contributed by atoms with E-state index in [2.05, 4.69) is 4.98 Å². The van der Waals surface area contributed by atoms with E-state index in [1.807, 2.05) is 6.92 Å². The first-order valence-corrected chi connectivity index (χ1v) is 7.65. The monoisotopic (exact) mass is 300 g/mol. The second-order valence-electron chi connectivity index (χ2n) is 5.22. The number of hydrogen-bond acceptors (Lipinski definition) is 4. The number of nitrogens with one attached hydrogen (secondary N) is 1. The van der Waals surface area contributed by atoms with Crippen molar-refractivity contribution in [3.8, 4) is 0 Å². The summed E-state index contributed by atoms with van der Waals surface area (Å²) < 4.78 is 39.1. The molecule has 0 spiro atoms. The van der Waals surface area contributed by atoms with E-state index in [0.717, 1.165) is 18.5 Å². The summed E-state index contributed by atoms with van der Waals surface area (Å²) in [7, 11) is -3.74. The molecule has 0 bridgehead atoms. The molecular weight excluding hydrogens is 283 g/mol. The fourth-order valence-electron chi connectivity index (χ4n) is 2.17. The minimum Gasteiger partial charge on any atom is -0.387 e. The van der Waals surface area contributed by atoms with E-state index in [-0.39, 0.29) is 23.8 Å². The van der Waals surface area contributed by atoms with Crippen molar-refractivity contribution < 1.29 is 12.8 Å². The normalized spacial score (nSPS) is 19.7. The van der Waals surface area contributed by atoms with Crippen molar-refractivity contribution in [3.63, 3.8) is 0 Å². The summed E-state index contributed by atoms with van der Waals surface area (Å²) in [5, 5.41) is 7.55. The van der Waals surface area contributed by atoms with Crippen molar-refractivity contribution in [1.29, 1.82) is 5.41 Å². The van der Waals surface area contributed by atoms with Gasteiger partial charge in [0.2, 0.25) is 10.0 Å². The topological polar surface area (TPSA) is 100 Å². The number of halogens is 1. The van der Waals surface area contributed by atoms with E-state index >= 15 is 0 Å². The number of nitrogens with two attached hydrogens (primary N) is 1. The summed E-state index contributed by atoms with van der Waals surface area (Å²) in [6.45, 7) is 2.37. The Labute approximate surface area is 117 Å². The van der Waals surface area contributed by atoms with Gasteiger partial charge in [0.05, 0.1) is 12.0 Å². The summed E-state index contributed by atoms with van der Waals surface area (Å²) in [6, 6.07) is 0.959. The van der Waals surface area contributed by atoms with Gasteiger partial charge in [-0.3, -0.25) is 10.4 Å². The van der Waals surface area contributed by atoms with Crippen LogP contribution in [0.2, 0.25) is 0 Å². The molecule has 0 atom stereocenters. The van der Waals surface area contributed by atoms with Gasteiger partial charge in [0, 0.05) is 24.7 Å². The van der Waals surface area contributed by atoms with Gasteiger partial charge in [-0.1, -0.05) is 6.92 Å². The fourth-order valence-corrected chi connectivity index (χ4v) is 3.59. The first-order chi connectivity index (χ1) is 9.25. The van der Waals surface area contributed by atoms with E-state index in [1.165, 1.54) is 4.31 Å². The molecule has 6 nitrogen and oxygen atoms in total. The highest BCUT2D eigenvalue weighted by Gasteiger charge is 2.37. The molecular formula is C12H17FN4O2S. The molecule has 0 aliphatic carbocycles. The predicted octanol–water partition coefficient (Wildman–Crippen LogP) is 0.947. The Morgan fingerprint density at radius 2 is 2.05 bits per heavy atom. The molecule has 20 heavy (non-hydrogen) atoms. The molecule has 0 unspecified atom stereocenters. The van der Waals surface area contributed by atoms with Crippen molar-refractivity contribution in [1.82, 2.24) is 9.29 Å². The van der Waals surface area contributed by atoms with Gasteiger partial charge in [0.1, 0.15) is 10.7 Å². The number of amidine groups is 1. The second-order valence-corrected chi connectivity index (χ2v) is 7.16. The summed E-state index contributed by atoms with van der Waals surface area (Å²) in [5.41, 5.74) is 5.08. The Balaban J connectivity index is 2.20. The van der Waals surface area contributed by atoms with E-state index in [4.69, 9.17) is 11.1 Å². The smallest absolute Gasteiger partial charge is 0.244 e. The van der Waals surface area contributed by atoms with Crippen LogP contribution < -0.4 is 5.73 Å². The highest BCUT2D eigenvalue weighted by atomic mass is 32.2. The maximum Gasteiger partial charge on any atom is 0.244 e. The van der Waals surface area contributed by atoms with E-state index in [0.29, 0.717) is 12.8 Å². The number of hydrogen-bond donors (Lipinski definition) is 2. The standard InChI is InChI=1S/C12H17FN4O2S/c1-12(11(14)15)2-4-17(5-3-12)20(18,19)10-6-9(13)7-16-8-10/h6-8H,2-5H2,1H3,(H3,14,15). The molecule has 1 aromatic rings. The number of pyridine rings is 1. The van der Waals surface area contributed by atoms with Crippen molar-refractivity contribution in [2.45, 2.75) is 24.7 Å². The van der Waals surface area contributed by atoms with Gasteiger partial charge in [-0.25, -0.2) is 12.8 Å². The third-order valence-corrected chi connectivity index (χ3v) is 5.66. The number of aromatic nitrogens is 1. The lowest BCUT2D eigenvalue weighted by Crippen LogP contribution is -2.47. The molecule has 0 radical (unpaired) electrons. The molecule has 8 heteroatoms. The van der Waals surface area contributed by atoms with Crippen molar-refractivity contribution in [3.05, 3.63) is 24.3 Å². The minimum absolute atomic E-state index is 0.0713. The zero-order valence-corrected chi connectivity index (χ0v) is 12.0. The van der Waals surface area contributed by atoms with E-state index in [1.54, 1.807) is 0 Å². The SMILES string of the molecule is CC1(C(=N)N)CCN(S(=O)(=O)c2cncc(F)c2)CC1. The maximum absolute atomic E-state index is 13.1. The highest BCUT2D eigenvalue weighted by molar-refractivity contribution is 7.89. The number of rotatable bonds is 3. The lowest BCUT2D eigenvalue weighted by atomic mass is 9.80. The number of piperidine rings is 1. The van der Waals surface area contributed by atoms with E-state index < -0.39 is 21.3 Å². The lowest BCUT2D eigenvalue weighted by molar-refractivity contribution is 0.240. The molecule has 0 aromatic carbocycles. The van der Waals surface area contributed by atoms with Crippen molar-refractivity contribution in [2.24, 2.45) is 11.1 Å². The van der Waals surface area contributed by atoms with Crippen LogP contribution in [0.4, 0.5) is 4.39 Å². The van der Waals surface area contributed by atoms with Crippen LogP contribution >= 0.6 is 0 Å². The predicted molar refractivity (Wildman–Crippen MR) is 72.2 cm³/mol. The van der Waals surface area contributed by atoms with Gasteiger partial charge >= 0.3 is 0 Å². The molecule has 1 aromatic heterocycles. The van der Waals surface area contributed by atoms with Crippen LogP contribution in [0.5, 0.6) is 0 Å². The van der Waals surface area contributed by atoms with Gasteiger partial charge in [0.25, 0.3) is 0 Å². The average Bonchev–Trinajstić information content (AvgIpc) is 2.39. The molecule has 0 amide bonds. The van der Waals surface area contributed by atoms with Gasteiger partial charge in [0.15, 0.2) is 0 Å². The van der Waals surface area contributed by atoms with Crippen LogP contribution in [0.3, 0.4) is 0 Å². The Morgan fingerprint density at radius 1 is 1.45 bits per heavy atom. The third kappa shape index (κ3) is 2.66. The van der Waals surface area contributed by atoms with Crippen molar-refractivity contribution >= 4 is 15.9 Å². The number of nitrogens with zero attached hydrogens (tertiary/aromatic N) is 2. The zero-order chi connectivity index (χ0) is 15.0. The van der Waals surface area contributed by atoms with Crippen LogP contribution in [0.1, 0.15) is 19.8 Å². The highest BCUT2D eigenvalue weighted by Crippen LogP contribution is 2.32. The van der Waals surface area contributed by atoms with Gasteiger partial charge < -0.3 is 5.73 Å². The maximum atomic E-state index is 13.1. The van der Waals surface area contributed by atoms with Gasteiger partial charge in [-0.2, -0.15) is 4.31 Å². The molecule has 2 heterocycles. The van der Waals surface area contributed by atoms with Crippen LogP contribution in [-0.4, -0.2) is 36.6 Å². The third-order valence-electron chi connectivity index (χ3n) is 3.79. The molecule has 0 saturated carbocycles. The van der Waals surface area contributed by atoms with E-state index in [9.17, 15) is 12.8 Å².